The van der Waals surface area contributed by atoms with Crippen LogP contribution in [0, 0.1) is 0 Å². The summed E-state index contributed by atoms with van der Waals surface area (Å²) in [7, 11) is 0. The molecule has 42 heavy (non-hydrogen) atoms. The van der Waals surface area contributed by atoms with Crippen LogP contribution in [0.25, 0.3) is 21.8 Å². The van der Waals surface area contributed by atoms with E-state index in [1.807, 2.05) is 48.5 Å². The fraction of sp³-hybridized carbons (Fsp3) is 0.333. The number of aromatic nitrogens is 2. The third kappa shape index (κ3) is 7.53. The molecular weight excluding hydrogens is 538 g/mol. The SMILES string of the molecule is NCCCCC(NC(=O)C(Cc1c[nH]c2ccccc12)NC(=O)CN)C(=O)NC(Cc1c[nH]c2ccccc12)C(=O)O. The maximum absolute atomic E-state index is 13.5. The van der Waals surface area contributed by atoms with Crippen LogP contribution in [0.3, 0.4) is 0 Å². The molecule has 3 atom stereocenters. The first kappa shape index (κ1) is 30.3. The maximum atomic E-state index is 13.5. The van der Waals surface area contributed by atoms with Gasteiger partial charge in [-0.25, -0.2) is 4.79 Å². The van der Waals surface area contributed by atoms with Crippen LogP contribution in [0.1, 0.15) is 30.4 Å². The van der Waals surface area contributed by atoms with Gasteiger partial charge in [-0.15, -0.1) is 0 Å². The van der Waals surface area contributed by atoms with E-state index < -0.39 is 41.8 Å². The number of carboxylic acid groups (broad SMARTS) is 1. The lowest BCUT2D eigenvalue weighted by Gasteiger charge is -2.24. The van der Waals surface area contributed by atoms with Gasteiger partial charge >= 0.3 is 5.97 Å². The molecule has 0 aliphatic carbocycles. The van der Waals surface area contributed by atoms with Gasteiger partial charge in [0.1, 0.15) is 18.1 Å². The van der Waals surface area contributed by atoms with Crippen LogP contribution in [0.4, 0.5) is 0 Å². The quantitative estimate of drug-likeness (QED) is 0.0966. The number of carbonyl (C=O) groups excluding carboxylic acids is 3. The normalized spacial score (nSPS) is 13.4. The number of nitrogens with one attached hydrogen (secondary N) is 5. The Bertz CT molecular complexity index is 1550. The van der Waals surface area contributed by atoms with Gasteiger partial charge in [-0.1, -0.05) is 36.4 Å². The molecule has 2 heterocycles. The number of fused-ring (bicyclic) bond motifs is 2. The predicted octanol–water partition coefficient (Wildman–Crippen LogP) is 1.06. The summed E-state index contributed by atoms with van der Waals surface area (Å²) >= 11 is 0. The Morgan fingerprint density at radius 3 is 1.79 bits per heavy atom. The second-order valence-electron chi connectivity index (χ2n) is 10.2. The van der Waals surface area contributed by atoms with Crippen LogP contribution < -0.4 is 27.4 Å². The number of H-pyrrole nitrogens is 2. The van der Waals surface area contributed by atoms with Crippen molar-refractivity contribution >= 4 is 45.5 Å². The topological polar surface area (TPSA) is 208 Å². The molecule has 0 aliphatic rings. The highest BCUT2D eigenvalue weighted by Crippen LogP contribution is 2.20. The number of unbranched alkanes of at least 4 members (excludes halogenated alkanes) is 1. The van der Waals surface area contributed by atoms with Crippen LogP contribution in [0.2, 0.25) is 0 Å². The van der Waals surface area contributed by atoms with Gasteiger partial charge in [0.25, 0.3) is 0 Å². The average Bonchev–Trinajstić information content (AvgIpc) is 3.59. The minimum atomic E-state index is -1.23. The number of rotatable bonds is 15. The second kappa shape index (κ2) is 14.3. The van der Waals surface area contributed by atoms with Gasteiger partial charge in [-0.3, -0.25) is 14.4 Å². The van der Waals surface area contributed by atoms with E-state index in [0.717, 1.165) is 32.9 Å². The van der Waals surface area contributed by atoms with Gasteiger partial charge in [-0.05, 0) is 49.1 Å². The van der Waals surface area contributed by atoms with Crippen molar-refractivity contribution in [1.82, 2.24) is 25.9 Å². The summed E-state index contributed by atoms with van der Waals surface area (Å²) in [5.41, 5.74) is 14.4. The summed E-state index contributed by atoms with van der Waals surface area (Å²) in [5, 5.41) is 19.7. The molecule has 3 unspecified atom stereocenters. The molecule has 3 amide bonds. The van der Waals surface area contributed by atoms with E-state index in [1.54, 1.807) is 12.4 Å². The minimum Gasteiger partial charge on any atom is -0.480 e. The number of carbonyl (C=O) groups is 4. The van der Waals surface area contributed by atoms with Crippen LogP contribution in [-0.4, -0.2) is 70.0 Å². The van der Waals surface area contributed by atoms with E-state index in [4.69, 9.17) is 11.5 Å². The molecule has 0 radical (unpaired) electrons. The molecule has 12 nitrogen and oxygen atoms in total. The number of nitrogens with two attached hydrogens (primary N) is 2. The number of carboxylic acids is 1. The van der Waals surface area contributed by atoms with Crippen molar-refractivity contribution in [3.63, 3.8) is 0 Å². The van der Waals surface area contributed by atoms with Crippen molar-refractivity contribution in [2.75, 3.05) is 13.1 Å². The number of para-hydroxylation sites is 2. The van der Waals surface area contributed by atoms with Crippen LogP contribution in [0.5, 0.6) is 0 Å². The molecule has 12 heteroatoms. The van der Waals surface area contributed by atoms with Crippen molar-refractivity contribution in [3.05, 3.63) is 72.1 Å². The molecule has 4 aromatic rings. The summed E-state index contributed by atoms with van der Waals surface area (Å²) in [4.78, 5) is 57.6. The third-order valence-corrected chi connectivity index (χ3v) is 7.23. The van der Waals surface area contributed by atoms with E-state index >= 15 is 0 Å². The number of hydrogen-bond acceptors (Lipinski definition) is 6. The molecule has 0 saturated heterocycles. The standard InChI is InChI=1S/C30H37N7O5/c31-12-6-5-11-24(28(39)37-26(30(41)42)14-19-17-34-23-10-4-2-8-21(19)23)36-29(40)25(35-27(38)15-32)13-18-16-33-22-9-3-1-7-20(18)22/h1-4,7-10,16-17,24-26,33-34H,5-6,11-15,31-32H2,(H,35,38)(H,36,40)(H,37,39)(H,41,42). The van der Waals surface area contributed by atoms with Gasteiger partial charge in [-0.2, -0.15) is 0 Å². The van der Waals surface area contributed by atoms with Gasteiger partial charge in [0.05, 0.1) is 6.54 Å². The summed E-state index contributed by atoms with van der Waals surface area (Å²) in [6.07, 6.45) is 5.06. The zero-order valence-electron chi connectivity index (χ0n) is 23.2. The highest BCUT2D eigenvalue weighted by molar-refractivity contribution is 5.94. The van der Waals surface area contributed by atoms with Crippen molar-refractivity contribution in [3.8, 4) is 0 Å². The van der Waals surface area contributed by atoms with Crippen LogP contribution >= 0.6 is 0 Å². The smallest absolute Gasteiger partial charge is 0.326 e. The summed E-state index contributed by atoms with van der Waals surface area (Å²) in [6.45, 7) is 0.0859. The molecule has 0 spiro atoms. The zero-order valence-corrected chi connectivity index (χ0v) is 23.2. The Hall–Kier alpha value is -4.68. The van der Waals surface area contributed by atoms with E-state index in [-0.39, 0.29) is 25.8 Å². The Morgan fingerprint density at radius 2 is 1.24 bits per heavy atom. The van der Waals surface area contributed by atoms with Crippen molar-refractivity contribution < 1.29 is 24.3 Å². The number of benzene rings is 2. The second-order valence-corrected chi connectivity index (χ2v) is 10.2. The first-order chi connectivity index (χ1) is 20.3. The molecule has 0 saturated carbocycles. The molecule has 2 aromatic carbocycles. The van der Waals surface area contributed by atoms with Gasteiger partial charge in [0.15, 0.2) is 0 Å². The van der Waals surface area contributed by atoms with Crippen molar-refractivity contribution in [2.45, 2.75) is 50.2 Å². The predicted molar refractivity (Wildman–Crippen MR) is 159 cm³/mol. The molecule has 10 N–H and O–H groups in total. The van der Waals surface area contributed by atoms with Crippen molar-refractivity contribution in [1.29, 1.82) is 0 Å². The average molecular weight is 576 g/mol. The minimum absolute atomic E-state index is 0.0459. The Kier molecular flexibility index (Phi) is 10.3. The van der Waals surface area contributed by atoms with Gasteiger partial charge < -0.3 is 42.5 Å². The lowest BCUT2D eigenvalue weighted by molar-refractivity contribution is -0.142. The van der Waals surface area contributed by atoms with Gasteiger partial charge in [0, 0.05) is 47.0 Å². The fourth-order valence-corrected chi connectivity index (χ4v) is 5.01. The Morgan fingerprint density at radius 1 is 0.714 bits per heavy atom. The van der Waals surface area contributed by atoms with Gasteiger partial charge in [0.2, 0.25) is 17.7 Å². The summed E-state index contributed by atoms with van der Waals surface area (Å²) in [6, 6.07) is 11.8. The Labute approximate surface area is 242 Å². The molecule has 4 rings (SSSR count). The van der Waals surface area contributed by atoms with E-state index in [2.05, 4.69) is 25.9 Å². The van der Waals surface area contributed by atoms with Crippen molar-refractivity contribution in [2.24, 2.45) is 11.5 Å². The third-order valence-electron chi connectivity index (χ3n) is 7.23. The molecule has 0 aliphatic heterocycles. The number of amides is 3. The van der Waals surface area contributed by atoms with E-state index in [9.17, 15) is 24.3 Å². The maximum Gasteiger partial charge on any atom is 0.326 e. The largest absolute Gasteiger partial charge is 0.480 e. The Balaban J connectivity index is 1.51. The first-order valence-corrected chi connectivity index (χ1v) is 13.9. The number of aliphatic carboxylic acids is 1. The number of aromatic amines is 2. The molecule has 0 fully saturated rings. The van der Waals surface area contributed by atoms with E-state index in [1.165, 1.54) is 0 Å². The summed E-state index contributed by atoms with van der Waals surface area (Å²) in [5.74, 6) is -2.95. The molecule has 222 valence electrons. The molecule has 0 bridgehead atoms. The zero-order chi connectivity index (χ0) is 30.1. The fourth-order valence-electron chi connectivity index (χ4n) is 5.01. The lowest BCUT2D eigenvalue weighted by atomic mass is 10.0. The molecular formula is C30H37N7O5. The lowest BCUT2D eigenvalue weighted by Crippen LogP contribution is -2.56. The summed E-state index contributed by atoms with van der Waals surface area (Å²) < 4.78 is 0. The van der Waals surface area contributed by atoms with Crippen LogP contribution in [0.15, 0.2) is 60.9 Å². The highest BCUT2D eigenvalue weighted by Gasteiger charge is 2.30. The molecule has 2 aromatic heterocycles. The number of hydrogen-bond donors (Lipinski definition) is 8. The highest BCUT2D eigenvalue weighted by atomic mass is 16.4. The van der Waals surface area contributed by atoms with Crippen LogP contribution in [-0.2, 0) is 32.0 Å². The van der Waals surface area contributed by atoms with E-state index in [0.29, 0.717) is 19.4 Å². The monoisotopic (exact) mass is 575 g/mol. The first-order valence-electron chi connectivity index (χ1n) is 13.9.